The average Bonchev–Trinajstić information content (AvgIpc) is 2.93. The fourth-order valence-corrected chi connectivity index (χ4v) is 2.84. The summed E-state index contributed by atoms with van der Waals surface area (Å²) in [5.41, 5.74) is 2.94. The second-order valence-corrected chi connectivity index (χ2v) is 5.83. The smallest absolute Gasteiger partial charge is 0.224 e. The highest BCUT2D eigenvalue weighted by Gasteiger charge is 2.16. The molecule has 0 aliphatic carbocycles. The SMILES string of the molecule is COc1ccc(CC(=O)NC(C)c2nc3ccccc3n2C)cc1. The summed E-state index contributed by atoms with van der Waals surface area (Å²) in [6, 6.07) is 15.3. The van der Waals surface area contributed by atoms with Gasteiger partial charge in [0, 0.05) is 7.05 Å². The second-order valence-electron chi connectivity index (χ2n) is 5.83. The minimum Gasteiger partial charge on any atom is -0.497 e. The van der Waals surface area contributed by atoms with Gasteiger partial charge >= 0.3 is 0 Å². The normalized spacial score (nSPS) is 12.1. The largest absolute Gasteiger partial charge is 0.497 e. The molecule has 1 heterocycles. The van der Waals surface area contributed by atoms with Crippen molar-refractivity contribution in [2.45, 2.75) is 19.4 Å². The van der Waals surface area contributed by atoms with E-state index < -0.39 is 0 Å². The maximum Gasteiger partial charge on any atom is 0.224 e. The predicted octanol–water partition coefficient (Wildman–Crippen LogP) is 3.00. The Morgan fingerprint density at radius 1 is 1.21 bits per heavy atom. The highest BCUT2D eigenvalue weighted by atomic mass is 16.5. The first kappa shape index (κ1) is 16.1. The third-order valence-electron chi connectivity index (χ3n) is 4.11. The zero-order valence-corrected chi connectivity index (χ0v) is 14.1. The van der Waals surface area contributed by atoms with Crippen molar-refractivity contribution in [1.29, 1.82) is 0 Å². The number of aromatic nitrogens is 2. The number of rotatable bonds is 5. The van der Waals surface area contributed by atoms with Gasteiger partial charge in [0.25, 0.3) is 0 Å². The number of amides is 1. The number of hydrogen-bond acceptors (Lipinski definition) is 3. The Morgan fingerprint density at radius 3 is 2.58 bits per heavy atom. The molecule has 0 saturated heterocycles. The predicted molar refractivity (Wildman–Crippen MR) is 94.0 cm³/mol. The van der Waals surface area contributed by atoms with E-state index in [1.165, 1.54) is 0 Å². The summed E-state index contributed by atoms with van der Waals surface area (Å²) in [5, 5.41) is 3.02. The van der Waals surface area contributed by atoms with E-state index in [9.17, 15) is 4.79 Å². The van der Waals surface area contributed by atoms with E-state index in [4.69, 9.17) is 4.74 Å². The molecule has 1 amide bonds. The van der Waals surface area contributed by atoms with Crippen molar-refractivity contribution in [3.63, 3.8) is 0 Å². The number of benzene rings is 2. The van der Waals surface area contributed by atoms with Crippen molar-refractivity contribution in [1.82, 2.24) is 14.9 Å². The second kappa shape index (κ2) is 6.74. The number of nitrogens with zero attached hydrogens (tertiary/aromatic N) is 2. The van der Waals surface area contributed by atoms with Gasteiger partial charge in [-0.3, -0.25) is 4.79 Å². The lowest BCUT2D eigenvalue weighted by molar-refractivity contribution is -0.121. The molecule has 0 fully saturated rings. The summed E-state index contributed by atoms with van der Waals surface area (Å²) in [6.07, 6.45) is 0.332. The molecule has 1 unspecified atom stereocenters. The topological polar surface area (TPSA) is 56.1 Å². The van der Waals surface area contributed by atoms with Crippen molar-refractivity contribution < 1.29 is 9.53 Å². The maximum atomic E-state index is 12.3. The third kappa shape index (κ3) is 3.25. The Kier molecular flexibility index (Phi) is 4.51. The van der Waals surface area contributed by atoms with Gasteiger partial charge < -0.3 is 14.6 Å². The number of aryl methyl sites for hydroxylation is 1. The molecule has 3 rings (SSSR count). The molecule has 5 nitrogen and oxygen atoms in total. The van der Waals surface area contributed by atoms with Crippen LogP contribution in [0.4, 0.5) is 0 Å². The summed E-state index contributed by atoms with van der Waals surface area (Å²) >= 11 is 0. The monoisotopic (exact) mass is 323 g/mol. The molecule has 24 heavy (non-hydrogen) atoms. The van der Waals surface area contributed by atoms with Crippen LogP contribution in [0, 0.1) is 0 Å². The third-order valence-corrected chi connectivity index (χ3v) is 4.11. The molecule has 0 bridgehead atoms. The molecule has 1 N–H and O–H groups in total. The van der Waals surface area contributed by atoms with Crippen LogP contribution < -0.4 is 10.1 Å². The number of ether oxygens (including phenoxy) is 1. The van der Waals surface area contributed by atoms with Gasteiger partial charge in [-0.15, -0.1) is 0 Å². The van der Waals surface area contributed by atoms with Crippen molar-refractivity contribution in [3.05, 3.63) is 59.9 Å². The Hall–Kier alpha value is -2.82. The standard InChI is InChI=1S/C19H21N3O2/c1-13(19-21-16-6-4-5-7-17(16)22(19)2)20-18(23)12-14-8-10-15(24-3)11-9-14/h4-11,13H,12H2,1-3H3,(H,20,23). The Labute approximate surface area is 141 Å². The van der Waals surface area contributed by atoms with Crippen molar-refractivity contribution >= 4 is 16.9 Å². The molecule has 5 heteroatoms. The van der Waals surface area contributed by atoms with Gasteiger partial charge in [0.1, 0.15) is 11.6 Å². The van der Waals surface area contributed by atoms with Crippen LogP contribution in [0.25, 0.3) is 11.0 Å². The molecule has 0 radical (unpaired) electrons. The number of nitrogens with one attached hydrogen (secondary N) is 1. The number of fused-ring (bicyclic) bond motifs is 1. The number of methoxy groups -OCH3 is 1. The van der Waals surface area contributed by atoms with Gasteiger partial charge in [-0.1, -0.05) is 24.3 Å². The van der Waals surface area contributed by atoms with Crippen molar-refractivity contribution in [2.75, 3.05) is 7.11 Å². The number of hydrogen-bond donors (Lipinski definition) is 1. The molecule has 3 aromatic rings. The fraction of sp³-hybridized carbons (Fsp3) is 0.263. The van der Waals surface area contributed by atoms with Crippen LogP contribution in [0.1, 0.15) is 24.4 Å². The van der Waals surface area contributed by atoms with E-state index >= 15 is 0 Å². The van der Waals surface area contributed by atoms with Crippen LogP contribution in [0.2, 0.25) is 0 Å². The van der Waals surface area contributed by atoms with Crippen molar-refractivity contribution in [3.8, 4) is 5.75 Å². The van der Waals surface area contributed by atoms with Gasteiger partial charge in [-0.2, -0.15) is 0 Å². The Bertz CT molecular complexity index is 853. The van der Waals surface area contributed by atoms with Crippen LogP contribution in [0.3, 0.4) is 0 Å². The lowest BCUT2D eigenvalue weighted by Crippen LogP contribution is -2.29. The lowest BCUT2D eigenvalue weighted by atomic mass is 10.1. The van der Waals surface area contributed by atoms with Crippen LogP contribution >= 0.6 is 0 Å². The van der Waals surface area contributed by atoms with Gasteiger partial charge in [-0.05, 0) is 36.8 Å². The molecule has 1 aromatic heterocycles. The van der Waals surface area contributed by atoms with Crippen LogP contribution in [0.5, 0.6) is 5.75 Å². The molecule has 0 saturated carbocycles. The van der Waals surface area contributed by atoms with Gasteiger partial charge in [0.05, 0.1) is 30.6 Å². The number of carbonyl (C=O) groups excluding carboxylic acids is 1. The van der Waals surface area contributed by atoms with Gasteiger partial charge in [-0.25, -0.2) is 4.98 Å². The number of imidazole rings is 1. The lowest BCUT2D eigenvalue weighted by Gasteiger charge is -2.14. The van der Waals surface area contributed by atoms with Crippen LogP contribution in [-0.4, -0.2) is 22.6 Å². The Morgan fingerprint density at radius 2 is 1.92 bits per heavy atom. The maximum absolute atomic E-state index is 12.3. The van der Waals surface area contributed by atoms with E-state index in [1.54, 1.807) is 7.11 Å². The van der Waals surface area contributed by atoms with Crippen LogP contribution in [0.15, 0.2) is 48.5 Å². The van der Waals surface area contributed by atoms with E-state index in [1.807, 2.05) is 67.1 Å². The first-order valence-electron chi connectivity index (χ1n) is 7.92. The highest BCUT2D eigenvalue weighted by molar-refractivity contribution is 5.79. The Balaban J connectivity index is 1.69. The quantitative estimate of drug-likeness (QED) is 0.785. The molecule has 1 atom stereocenters. The van der Waals surface area contributed by atoms with E-state index in [-0.39, 0.29) is 11.9 Å². The van der Waals surface area contributed by atoms with Gasteiger partial charge in [0.2, 0.25) is 5.91 Å². The first-order valence-corrected chi connectivity index (χ1v) is 7.92. The summed E-state index contributed by atoms with van der Waals surface area (Å²) in [5.74, 6) is 1.60. The average molecular weight is 323 g/mol. The minimum absolute atomic E-state index is 0.0280. The minimum atomic E-state index is -0.159. The molecule has 0 aliphatic heterocycles. The van der Waals surface area contributed by atoms with E-state index in [0.717, 1.165) is 28.2 Å². The van der Waals surface area contributed by atoms with Crippen molar-refractivity contribution in [2.24, 2.45) is 7.05 Å². The molecule has 124 valence electrons. The van der Waals surface area contributed by atoms with Gasteiger partial charge in [0.15, 0.2) is 0 Å². The number of para-hydroxylation sites is 2. The zero-order valence-electron chi connectivity index (χ0n) is 14.1. The molecule has 0 aliphatic rings. The summed E-state index contributed by atoms with van der Waals surface area (Å²) in [7, 11) is 3.59. The molecular weight excluding hydrogens is 302 g/mol. The molecule has 0 spiro atoms. The zero-order chi connectivity index (χ0) is 17.1. The fourth-order valence-electron chi connectivity index (χ4n) is 2.84. The highest BCUT2D eigenvalue weighted by Crippen LogP contribution is 2.19. The van der Waals surface area contributed by atoms with E-state index in [0.29, 0.717) is 6.42 Å². The van der Waals surface area contributed by atoms with Crippen LogP contribution in [-0.2, 0) is 18.3 Å². The number of carbonyl (C=O) groups is 1. The first-order chi connectivity index (χ1) is 11.6. The van der Waals surface area contributed by atoms with E-state index in [2.05, 4.69) is 10.3 Å². The molecular formula is C19H21N3O2. The summed E-state index contributed by atoms with van der Waals surface area (Å²) in [6.45, 7) is 1.95. The summed E-state index contributed by atoms with van der Waals surface area (Å²) < 4.78 is 7.15. The summed E-state index contributed by atoms with van der Waals surface area (Å²) in [4.78, 5) is 16.9. The molecule has 2 aromatic carbocycles.